The third kappa shape index (κ3) is 2.90. The molecule has 3 rings (SSSR count). The van der Waals surface area contributed by atoms with Gasteiger partial charge in [-0.3, -0.25) is 4.79 Å². The molecular weight excluding hydrogens is 274 g/mol. The molecule has 1 aliphatic heterocycles. The standard InChI is InChI=1S/C19H21NO2/c1-14(2)22-13-19(21)20-12-11-17-16(9-6-10-18(17)20)15-7-4-3-5-8-15/h3-10,14H,11-13H2,1-2H3. The predicted molar refractivity (Wildman–Crippen MR) is 89.0 cm³/mol. The Hall–Kier alpha value is -2.13. The van der Waals surface area contributed by atoms with E-state index in [1.54, 1.807) is 0 Å². The topological polar surface area (TPSA) is 29.5 Å². The minimum absolute atomic E-state index is 0.0395. The van der Waals surface area contributed by atoms with E-state index in [2.05, 4.69) is 18.2 Å². The Bertz CT molecular complexity index is 664. The lowest BCUT2D eigenvalue weighted by molar-refractivity contribution is -0.124. The summed E-state index contributed by atoms with van der Waals surface area (Å²) in [5.41, 5.74) is 4.70. The fourth-order valence-electron chi connectivity index (χ4n) is 2.90. The van der Waals surface area contributed by atoms with Crippen LogP contribution in [0.25, 0.3) is 11.1 Å². The highest BCUT2D eigenvalue weighted by atomic mass is 16.5. The van der Waals surface area contributed by atoms with Gasteiger partial charge in [-0.1, -0.05) is 42.5 Å². The van der Waals surface area contributed by atoms with Crippen LogP contribution in [0.3, 0.4) is 0 Å². The van der Waals surface area contributed by atoms with Crippen LogP contribution >= 0.6 is 0 Å². The second-order valence-electron chi connectivity index (χ2n) is 5.82. The lowest BCUT2D eigenvalue weighted by atomic mass is 9.98. The molecule has 0 saturated carbocycles. The van der Waals surface area contributed by atoms with E-state index in [1.165, 1.54) is 16.7 Å². The summed E-state index contributed by atoms with van der Waals surface area (Å²) in [7, 11) is 0. The molecule has 2 aromatic rings. The molecule has 0 unspecified atom stereocenters. The van der Waals surface area contributed by atoms with Crippen molar-refractivity contribution in [2.45, 2.75) is 26.4 Å². The molecule has 2 aromatic carbocycles. The van der Waals surface area contributed by atoms with Crippen LogP contribution in [-0.4, -0.2) is 25.2 Å². The number of benzene rings is 2. The van der Waals surface area contributed by atoms with Gasteiger partial charge in [0.05, 0.1) is 6.10 Å². The average molecular weight is 295 g/mol. The quantitative estimate of drug-likeness (QED) is 0.861. The minimum Gasteiger partial charge on any atom is -0.369 e. The van der Waals surface area contributed by atoms with Crippen LogP contribution in [0.5, 0.6) is 0 Å². The van der Waals surface area contributed by atoms with Crippen molar-refractivity contribution in [3.63, 3.8) is 0 Å². The van der Waals surface area contributed by atoms with E-state index in [9.17, 15) is 4.79 Å². The van der Waals surface area contributed by atoms with Crippen molar-refractivity contribution in [2.24, 2.45) is 0 Å². The van der Waals surface area contributed by atoms with E-state index in [4.69, 9.17) is 4.74 Å². The lowest BCUT2D eigenvalue weighted by Crippen LogP contribution is -2.33. The zero-order valence-electron chi connectivity index (χ0n) is 13.1. The highest BCUT2D eigenvalue weighted by molar-refractivity contribution is 5.97. The molecule has 3 heteroatoms. The van der Waals surface area contributed by atoms with E-state index in [0.717, 1.165) is 18.7 Å². The third-order valence-electron chi connectivity index (χ3n) is 3.95. The molecule has 0 aliphatic carbocycles. The number of ether oxygens (including phenoxy) is 1. The van der Waals surface area contributed by atoms with Crippen LogP contribution in [0.4, 0.5) is 5.69 Å². The minimum atomic E-state index is 0.0395. The van der Waals surface area contributed by atoms with Crippen molar-refractivity contribution in [2.75, 3.05) is 18.1 Å². The number of amides is 1. The zero-order valence-corrected chi connectivity index (χ0v) is 13.1. The van der Waals surface area contributed by atoms with Gasteiger partial charge in [-0.2, -0.15) is 0 Å². The monoisotopic (exact) mass is 295 g/mol. The molecule has 0 spiro atoms. The average Bonchev–Trinajstić information content (AvgIpc) is 2.97. The molecule has 0 atom stereocenters. The van der Waals surface area contributed by atoms with Gasteiger partial charge >= 0.3 is 0 Å². The summed E-state index contributed by atoms with van der Waals surface area (Å²) in [6.07, 6.45) is 0.968. The SMILES string of the molecule is CC(C)OCC(=O)N1CCc2c(-c3ccccc3)cccc21. The Morgan fingerprint density at radius 2 is 1.91 bits per heavy atom. The van der Waals surface area contributed by atoms with Crippen LogP contribution in [0, 0.1) is 0 Å². The summed E-state index contributed by atoms with van der Waals surface area (Å²) < 4.78 is 5.45. The molecule has 0 aromatic heterocycles. The van der Waals surface area contributed by atoms with E-state index in [1.807, 2.05) is 49.1 Å². The van der Waals surface area contributed by atoms with Crippen molar-refractivity contribution in [1.29, 1.82) is 0 Å². The van der Waals surface area contributed by atoms with E-state index < -0.39 is 0 Å². The normalized spacial score (nSPS) is 13.5. The van der Waals surface area contributed by atoms with Crippen molar-refractivity contribution in [3.8, 4) is 11.1 Å². The molecule has 22 heavy (non-hydrogen) atoms. The van der Waals surface area contributed by atoms with Gasteiger partial charge in [0.2, 0.25) is 0 Å². The Morgan fingerprint density at radius 1 is 1.14 bits per heavy atom. The predicted octanol–water partition coefficient (Wildman–Crippen LogP) is 3.67. The van der Waals surface area contributed by atoms with Crippen LogP contribution in [0.2, 0.25) is 0 Å². The van der Waals surface area contributed by atoms with Gasteiger partial charge in [-0.05, 0) is 43.0 Å². The van der Waals surface area contributed by atoms with E-state index >= 15 is 0 Å². The first-order chi connectivity index (χ1) is 10.7. The summed E-state index contributed by atoms with van der Waals surface area (Å²) in [5.74, 6) is 0.0395. The molecule has 0 bridgehead atoms. The number of hydrogen-bond acceptors (Lipinski definition) is 2. The molecule has 1 aliphatic rings. The Balaban J connectivity index is 1.88. The van der Waals surface area contributed by atoms with Crippen LogP contribution < -0.4 is 4.90 Å². The highest BCUT2D eigenvalue weighted by Gasteiger charge is 2.26. The first kappa shape index (κ1) is 14.8. The Morgan fingerprint density at radius 3 is 2.64 bits per heavy atom. The van der Waals surface area contributed by atoms with E-state index in [0.29, 0.717) is 0 Å². The summed E-state index contributed by atoms with van der Waals surface area (Å²) in [5, 5.41) is 0. The van der Waals surface area contributed by atoms with Gasteiger partial charge in [0.1, 0.15) is 6.61 Å². The van der Waals surface area contributed by atoms with Gasteiger partial charge in [-0.15, -0.1) is 0 Å². The fourth-order valence-corrected chi connectivity index (χ4v) is 2.90. The van der Waals surface area contributed by atoms with Crippen molar-refractivity contribution in [1.82, 2.24) is 0 Å². The van der Waals surface area contributed by atoms with Gasteiger partial charge in [0, 0.05) is 12.2 Å². The van der Waals surface area contributed by atoms with Crippen molar-refractivity contribution in [3.05, 3.63) is 54.1 Å². The second kappa shape index (κ2) is 6.32. The molecule has 0 N–H and O–H groups in total. The largest absolute Gasteiger partial charge is 0.369 e. The lowest BCUT2D eigenvalue weighted by Gasteiger charge is -2.18. The maximum absolute atomic E-state index is 12.4. The number of carbonyl (C=O) groups is 1. The summed E-state index contributed by atoms with van der Waals surface area (Å²) in [4.78, 5) is 14.2. The smallest absolute Gasteiger partial charge is 0.253 e. The molecule has 114 valence electrons. The van der Waals surface area contributed by atoms with Crippen LogP contribution in [0.1, 0.15) is 19.4 Å². The second-order valence-corrected chi connectivity index (χ2v) is 5.82. The molecule has 1 amide bonds. The van der Waals surface area contributed by atoms with E-state index in [-0.39, 0.29) is 18.6 Å². The van der Waals surface area contributed by atoms with Crippen molar-refractivity contribution >= 4 is 11.6 Å². The highest BCUT2D eigenvalue weighted by Crippen LogP contribution is 2.36. The number of anilines is 1. The van der Waals surface area contributed by atoms with Crippen molar-refractivity contribution < 1.29 is 9.53 Å². The maximum Gasteiger partial charge on any atom is 0.253 e. The Labute approximate surface area is 131 Å². The fraction of sp³-hybridized carbons (Fsp3) is 0.316. The molecular formula is C19H21NO2. The zero-order chi connectivity index (χ0) is 15.5. The van der Waals surface area contributed by atoms with Gasteiger partial charge in [-0.25, -0.2) is 0 Å². The first-order valence-electron chi connectivity index (χ1n) is 7.76. The van der Waals surface area contributed by atoms with Gasteiger partial charge < -0.3 is 9.64 Å². The third-order valence-corrected chi connectivity index (χ3v) is 3.95. The molecule has 0 fully saturated rings. The molecule has 1 heterocycles. The van der Waals surface area contributed by atoms with Gasteiger partial charge in [0.15, 0.2) is 0 Å². The number of hydrogen-bond donors (Lipinski definition) is 0. The molecule has 3 nitrogen and oxygen atoms in total. The molecule has 0 saturated heterocycles. The maximum atomic E-state index is 12.4. The van der Waals surface area contributed by atoms with Crippen LogP contribution in [-0.2, 0) is 16.0 Å². The van der Waals surface area contributed by atoms with Gasteiger partial charge in [0.25, 0.3) is 5.91 Å². The number of nitrogens with zero attached hydrogens (tertiary/aromatic N) is 1. The number of rotatable bonds is 4. The number of fused-ring (bicyclic) bond motifs is 1. The first-order valence-corrected chi connectivity index (χ1v) is 7.76. The summed E-state index contributed by atoms with van der Waals surface area (Å²) in [6, 6.07) is 16.5. The molecule has 0 radical (unpaired) electrons. The summed E-state index contributed by atoms with van der Waals surface area (Å²) in [6.45, 7) is 4.77. The summed E-state index contributed by atoms with van der Waals surface area (Å²) >= 11 is 0. The van der Waals surface area contributed by atoms with Crippen LogP contribution in [0.15, 0.2) is 48.5 Å². The Kier molecular flexibility index (Phi) is 4.25. The number of carbonyl (C=O) groups excluding carboxylic acids is 1.